The summed E-state index contributed by atoms with van der Waals surface area (Å²) in [7, 11) is 1.55. The first-order chi connectivity index (χ1) is 11.9. The highest BCUT2D eigenvalue weighted by atomic mass is 16.5. The van der Waals surface area contributed by atoms with Gasteiger partial charge in [-0.25, -0.2) is 4.98 Å². The second-order valence-corrected chi connectivity index (χ2v) is 6.71. The van der Waals surface area contributed by atoms with E-state index in [1.54, 1.807) is 25.0 Å². The topological polar surface area (TPSA) is 120 Å². The molecule has 1 aliphatic heterocycles. The molecule has 2 fully saturated rings. The molecule has 2 amide bonds. The Morgan fingerprint density at radius 2 is 2.08 bits per heavy atom. The van der Waals surface area contributed by atoms with E-state index in [2.05, 4.69) is 20.5 Å². The molecular weight excluding hydrogens is 326 g/mol. The fourth-order valence-electron chi connectivity index (χ4n) is 3.25. The number of rotatable bonds is 4. The van der Waals surface area contributed by atoms with Gasteiger partial charge in [0.2, 0.25) is 0 Å². The van der Waals surface area contributed by atoms with Crippen molar-refractivity contribution < 1.29 is 14.3 Å². The zero-order chi connectivity index (χ0) is 17.8. The molecule has 2 aromatic rings. The maximum absolute atomic E-state index is 12.4. The fourth-order valence-corrected chi connectivity index (χ4v) is 3.25. The van der Waals surface area contributed by atoms with Crippen LogP contribution in [0.25, 0.3) is 11.0 Å². The Hall–Kier alpha value is -2.68. The van der Waals surface area contributed by atoms with E-state index in [-0.39, 0.29) is 29.1 Å². The van der Waals surface area contributed by atoms with Gasteiger partial charge in [0.05, 0.1) is 11.4 Å². The molecule has 3 N–H and O–H groups in total. The van der Waals surface area contributed by atoms with Crippen molar-refractivity contribution in [3.8, 4) is 0 Å². The monoisotopic (exact) mass is 345 g/mol. The number of amides is 2. The Balaban J connectivity index is 1.40. The number of aromatic nitrogens is 3. The van der Waals surface area contributed by atoms with Gasteiger partial charge in [-0.2, -0.15) is 0 Å². The van der Waals surface area contributed by atoms with Crippen molar-refractivity contribution in [3.63, 3.8) is 0 Å². The Morgan fingerprint density at radius 3 is 2.72 bits per heavy atom. The summed E-state index contributed by atoms with van der Waals surface area (Å²) in [5.74, 6) is -0.321. The van der Waals surface area contributed by atoms with E-state index in [9.17, 15) is 14.4 Å². The number of carbonyl (C=O) groups is 2. The van der Waals surface area contributed by atoms with Crippen molar-refractivity contribution in [1.82, 2.24) is 25.4 Å². The average molecular weight is 345 g/mol. The lowest BCUT2D eigenvalue weighted by Gasteiger charge is -2.41. The van der Waals surface area contributed by atoms with Crippen molar-refractivity contribution in [2.75, 3.05) is 20.2 Å². The number of hydrogen-bond donors (Lipinski definition) is 3. The third-order valence-corrected chi connectivity index (χ3v) is 4.96. The average Bonchev–Trinajstić information content (AvgIpc) is 3.27. The SMILES string of the molecule is COC1(C(=O)N2CC(NC(=O)c3cc(C)c4c(=O)[nH][nH]c4n3)C2)CC1. The van der Waals surface area contributed by atoms with Gasteiger partial charge < -0.3 is 15.0 Å². The number of nitrogens with one attached hydrogen (secondary N) is 3. The van der Waals surface area contributed by atoms with Gasteiger partial charge in [-0.3, -0.25) is 24.6 Å². The van der Waals surface area contributed by atoms with Gasteiger partial charge in [-0.1, -0.05) is 0 Å². The van der Waals surface area contributed by atoms with Crippen LogP contribution >= 0.6 is 0 Å². The minimum Gasteiger partial charge on any atom is -0.368 e. The number of methoxy groups -OCH3 is 1. The molecule has 0 aromatic carbocycles. The fraction of sp³-hybridized carbons (Fsp3) is 0.500. The maximum Gasteiger partial charge on any atom is 0.273 e. The summed E-state index contributed by atoms with van der Waals surface area (Å²) in [5.41, 5.74) is 0.391. The van der Waals surface area contributed by atoms with Crippen LogP contribution in [0.4, 0.5) is 0 Å². The molecule has 2 aromatic heterocycles. The van der Waals surface area contributed by atoms with Crippen molar-refractivity contribution in [2.24, 2.45) is 0 Å². The number of nitrogens with zero attached hydrogens (tertiary/aromatic N) is 2. The molecule has 4 rings (SSSR count). The number of likely N-dealkylation sites (tertiary alicyclic amines) is 1. The number of pyridine rings is 1. The molecule has 0 bridgehead atoms. The zero-order valence-corrected chi connectivity index (χ0v) is 14.0. The van der Waals surface area contributed by atoms with Gasteiger partial charge >= 0.3 is 0 Å². The Bertz CT molecular complexity index is 920. The third-order valence-electron chi connectivity index (χ3n) is 4.96. The van der Waals surface area contributed by atoms with Crippen LogP contribution in [0.5, 0.6) is 0 Å². The second kappa shape index (κ2) is 5.41. The van der Waals surface area contributed by atoms with Crippen LogP contribution in [-0.4, -0.2) is 63.7 Å². The van der Waals surface area contributed by atoms with E-state index < -0.39 is 5.60 Å². The molecule has 1 aliphatic carbocycles. The first kappa shape index (κ1) is 15.8. The van der Waals surface area contributed by atoms with Crippen LogP contribution in [0.1, 0.15) is 28.9 Å². The van der Waals surface area contributed by atoms with Gasteiger partial charge in [0.1, 0.15) is 11.3 Å². The summed E-state index contributed by atoms with van der Waals surface area (Å²) in [6, 6.07) is 1.49. The number of ether oxygens (including phenoxy) is 1. The van der Waals surface area contributed by atoms with Crippen LogP contribution in [0, 0.1) is 6.92 Å². The van der Waals surface area contributed by atoms with Crippen molar-refractivity contribution in [1.29, 1.82) is 0 Å². The molecular formula is C16H19N5O4. The first-order valence-corrected chi connectivity index (χ1v) is 8.17. The second-order valence-electron chi connectivity index (χ2n) is 6.71. The van der Waals surface area contributed by atoms with Gasteiger partial charge in [-0.15, -0.1) is 0 Å². The summed E-state index contributed by atoms with van der Waals surface area (Å²) in [6.45, 7) is 2.70. The zero-order valence-electron chi connectivity index (χ0n) is 14.0. The molecule has 0 atom stereocenters. The van der Waals surface area contributed by atoms with Gasteiger partial charge in [0.15, 0.2) is 5.65 Å². The predicted octanol–water partition coefficient (Wildman–Crippen LogP) is -0.321. The molecule has 0 unspecified atom stereocenters. The molecule has 0 radical (unpaired) electrons. The van der Waals surface area contributed by atoms with Gasteiger partial charge in [0.25, 0.3) is 17.4 Å². The van der Waals surface area contributed by atoms with E-state index >= 15 is 0 Å². The minimum atomic E-state index is -0.626. The normalized spacial score (nSPS) is 18.9. The van der Waals surface area contributed by atoms with Crippen molar-refractivity contribution in [3.05, 3.63) is 27.7 Å². The highest BCUT2D eigenvalue weighted by Gasteiger charge is 2.54. The Kier molecular flexibility index (Phi) is 3.43. The highest BCUT2D eigenvalue weighted by Crippen LogP contribution is 2.41. The standard InChI is InChI=1S/C16H19N5O4/c1-8-5-10(18-12-11(8)14(23)20-19-12)13(22)17-9-6-21(7-9)15(24)16(25-2)3-4-16/h5,9H,3-4,6-7H2,1-2H3,(H,17,22)(H2,18,19,20,23). The van der Waals surface area contributed by atoms with Crippen molar-refractivity contribution in [2.45, 2.75) is 31.4 Å². The highest BCUT2D eigenvalue weighted by molar-refractivity contribution is 5.95. The van der Waals surface area contributed by atoms with Crippen LogP contribution in [0.2, 0.25) is 0 Å². The number of aryl methyl sites for hydroxylation is 1. The van der Waals surface area contributed by atoms with Crippen LogP contribution in [0.15, 0.2) is 10.9 Å². The van der Waals surface area contributed by atoms with E-state index in [1.807, 2.05) is 0 Å². The summed E-state index contributed by atoms with van der Waals surface area (Å²) in [5, 5.41) is 8.44. The third kappa shape index (κ3) is 2.51. The maximum atomic E-state index is 12.4. The summed E-state index contributed by atoms with van der Waals surface area (Å²) in [4.78, 5) is 42.2. The lowest BCUT2D eigenvalue weighted by molar-refractivity contribution is -0.149. The number of hydrogen-bond acceptors (Lipinski definition) is 5. The summed E-state index contributed by atoms with van der Waals surface area (Å²) in [6.07, 6.45) is 1.52. The smallest absolute Gasteiger partial charge is 0.273 e. The van der Waals surface area contributed by atoms with Crippen LogP contribution in [-0.2, 0) is 9.53 Å². The van der Waals surface area contributed by atoms with E-state index in [0.717, 1.165) is 12.8 Å². The van der Waals surface area contributed by atoms with Crippen molar-refractivity contribution >= 4 is 22.8 Å². The van der Waals surface area contributed by atoms with E-state index in [1.165, 1.54) is 0 Å². The number of H-pyrrole nitrogens is 2. The largest absolute Gasteiger partial charge is 0.368 e. The van der Waals surface area contributed by atoms with E-state index in [0.29, 0.717) is 29.7 Å². The quantitative estimate of drug-likeness (QED) is 0.701. The van der Waals surface area contributed by atoms with Gasteiger partial charge in [0, 0.05) is 20.2 Å². The van der Waals surface area contributed by atoms with Gasteiger partial charge in [-0.05, 0) is 31.4 Å². The minimum absolute atomic E-state index is 0.000728. The molecule has 9 nitrogen and oxygen atoms in total. The first-order valence-electron chi connectivity index (χ1n) is 8.17. The molecule has 25 heavy (non-hydrogen) atoms. The number of fused-ring (bicyclic) bond motifs is 1. The van der Waals surface area contributed by atoms with Crippen LogP contribution < -0.4 is 10.9 Å². The summed E-state index contributed by atoms with van der Waals surface area (Å²) >= 11 is 0. The number of aromatic amines is 2. The number of carbonyl (C=O) groups excluding carboxylic acids is 2. The molecule has 1 saturated heterocycles. The molecule has 2 aliphatic rings. The molecule has 0 spiro atoms. The Morgan fingerprint density at radius 1 is 1.36 bits per heavy atom. The predicted molar refractivity (Wildman–Crippen MR) is 88.3 cm³/mol. The lowest BCUT2D eigenvalue weighted by Crippen LogP contribution is -2.63. The van der Waals surface area contributed by atoms with Crippen LogP contribution in [0.3, 0.4) is 0 Å². The molecule has 1 saturated carbocycles. The summed E-state index contributed by atoms with van der Waals surface area (Å²) < 4.78 is 5.29. The van der Waals surface area contributed by atoms with E-state index in [4.69, 9.17) is 4.74 Å². The molecule has 3 heterocycles. The molecule has 132 valence electrons. The Labute approximate surface area is 142 Å². The molecule has 9 heteroatoms. The lowest BCUT2D eigenvalue weighted by atomic mass is 10.1.